The second kappa shape index (κ2) is 5.52. The van der Waals surface area contributed by atoms with Gasteiger partial charge in [0, 0.05) is 12.1 Å². The Balaban J connectivity index is 2.14. The lowest BCUT2D eigenvalue weighted by atomic mass is 10.00. The van der Waals surface area contributed by atoms with Crippen LogP contribution in [-0.2, 0) is 4.79 Å². The Morgan fingerprint density at radius 2 is 1.62 bits per heavy atom. The van der Waals surface area contributed by atoms with Gasteiger partial charge in [-0.25, -0.2) is 0 Å². The van der Waals surface area contributed by atoms with Gasteiger partial charge in [-0.15, -0.1) is 0 Å². The zero-order valence-electron chi connectivity index (χ0n) is 12.0. The minimum atomic E-state index is -0.401. The first-order valence-electron chi connectivity index (χ1n) is 7.28. The third-order valence-electron chi connectivity index (χ3n) is 3.81. The molecule has 0 unspecified atom stereocenters. The van der Waals surface area contributed by atoms with Gasteiger partial charge in [0.25, 0.3) is 11.7 Å². The number of hydrogen-bond donors (Lipinski definition) is 0. The Morgan fingerprint density at radius 3 is 2.33 bits per heavy atom. The molecule has 0 saturated heterocycles. The number of benzene rings is 2. The second-order valence-corrected chi connectivity index (χ2v) is 5.21. The molecule has 1 aliphatic heterocycles. The highest BCUT2D eigenvalue weighted by molar-refractivity contribution is 6.53. The number of unbranched alkanes of at least 4 members (excludes halogenated alkanes) is 1. The monoisotopic (exact) mass is 279 g/mol. The molecule has 1 aliphatic rings. The van der Waals surface area contributed by atoms with Crippen molar-refractivity contribution in [2.75, 3.05) is 11.4 Å². The number of carbonyl (C=O) groups excluding carboxylic acids is 2. The van der Waals surface area contributed by atoms with E-state index in [1.165, 1.54) is 0 Å². The molecule has 0 aliphatic carbocycles. The number of para-hydroxylation sites is 1. The Hall–Kier alpha value is -2.42. The quantitative estimate of drug-likeness (QED) is 0.800. The van der Waals surface area contributed by atoms with Gasteiger partial charge < -0.3 is 4.90 Å². The molecule has 1 heterocycles. The van der Waals surface area contributed by atoms with E-state index in [4.69, 9.17) is 0 Å². The maximum Gasteiger partial charge on any atom is 0.299 e. The van der Waals surface area contributed by atoms with Gasteiger partial charge in [0.2, 0.25) is 0 Å². The van der Waals surface area contributed by atoms with Gasteiger partial charge in [0.1, 0.15) is 0 Å². The van der Waals surface area contributed by atoms with E-state index in [1.807, 2.05) is 42.5 Å². The normalized spacial score (nSPS) is 13.7. The third-order valence-corrected chi connectivity index (χ3v) is 3.81. The van der Waals surface area contributed by atoms with Crippen LogP contribution in [0.2, 0.25) is 0 Å². The zero-order chi connectivity index (χ0) is 14.8. The van der Waals surface area contributed by atoms with Crippen molar-refractivity contribution in [1.82, 2.24) is 0 Å². The predicted molar refractivity (Wildman–Crippen MR) is 83.5 cm³/mol. The molecule has 0 saturated carbocycles. The molecule has 0 atom stereocenters. The van der Waals surface area contributed by atoms with Gasteiger partial charge in [-0.2, -0.15) is 0 Å². The SMILES string of the molecule is CCCCN1C(=O)C(=O)c2cccc(-c3ccccc3)c21. The number of Topliss-reactive ketones (excluding diaryl/α,β-unsaturated/α-hetero) is 1. The fourth-order valence-electron chi connectivity index (χ4n) is 2.74. The molecule has 3 rings (SSSR count). The van der Waals surface area contributed by atoms with Crippen molar-refractivity contribution < 1.29 is 9.59 Å². The van der Waals surface area contributed by atoms with Gasteiger partial charge in [-0.05, 0) is 18.1 Å². The van der Waals surface area contributed by atoms with E-state index < -0.39 is 5.91 Å². The molecule has 21 heavy (non-hydrogen) atoms. The van der Waals surface area contributed by atoms with Crippen molar-refractivity contribution in [2.24, 2.45) is 0 Å². The molecule has 0 radical (unpaired) electrons. The number of ketones is 1. The fourth-order valence-corrected chi connectivity index (χ4v) is 2.74. The minimum absolute atomic E-state index is 0.390. The Bertz CT molecular complexity index is 692. The van der Waals surface area contributed by atoms with Crippen molar-refractivity contribution in [2.45, 2.75) is 19.8 Å². The van der Waals surface area contributed by atoms with E-state index in [0.29, 0.717) is 12.1 Å². The van der Waals surface area contributed by atoms with Crippen molar-refractivity contribution in [1.29, 1.82) is 0 Å². The molecule has 0 fully saturated rings. The third kappa shape index (κ3) is 2.25. The first-order chi connectivity index (χ1) is 10.2. The summed E-state index contributed by atoms with van der Waals surface area (Å²) in [5.41, 5.74) is 3.27. The Kier molecular flexibility index (Phi) is 3.57. The molecule has 2 aromatic carbocycles. The highest BCUT2D eigenvalue weighted by Gasteiger charge is 2.37. The Labute approximate surface area is 124 Å². The zero-order valence-corrected chi connectivity index (χ0v) is 12.0. The van der Waals surface area contributed by atoms with E-state index >= 15 is 0 Å². The topological polar surface area (TPSA) is 37.4 Å². The van der Waals surface area contributed by atoms with Crippen molar-refractivity contribution in [3.8, 4) is 11.1 Å². The lowest BCUT2D eigenvalue weighted by Gasteiger charge is -2.19. The molecule has 0 bridgehead atoms. The second-order valence-electron chi connectivity index (χ2n) is 5.21. The maximum absolute atomic E-state index is 12.2. The number of nitrogens with zero attached hydrogens (tertiary/aromatic N) is 1. The van der Waals surface area contributed by atoms with Gasteiger partial charge in [0.05, 0.1) is 11.3 Å². The number of carbonyl (C=O) groups is 2. The number of hydrogen-bond acceptors (Lipinski definition) is 2. The molecule has 0 N–H and O–H groups in total. The van der Waals surface area contributed by atoms with Crippen LogP contribution in [-0.4, -0.2) is 18.2 Å². The van der Waals surface area contributed by atoms with E-state index in [0.717, 1.165) is 29.7 Å². The molecule has 2 aromatic rings. The lowest BCUT2D eigenvalue weighted by molar-refractivity contribution is -0.114. The van der Waals surface area contributed by atoms with Crippen LogP contribution in [0.15, 0.2) is 48.5 Å². The molecule has 1 amide bonds. The summed E-state index contributed by atoms with van der Waals surface area (Å²) in [6.45, 7) is 2.67. The first-order valence-corrected chi connectivity index (χ1v) is 7.28. The number of rotatable bonds is 4. The number of amides is 1. The van der Waals surface area contributed by atoms with Gasteiger partial charge in [0.15, 0.2) is 0 Å². The highest BCUT2D eigenvalue weighted by atomic mass is 16.2. The van der Waals surface area contributed by atoms with Crippen LogP contribution in [0.4, 0.5) is 5.69 Å². The van der Waals surface area contributed by atoms with E-state index in [2.05, 4.69) is 6.92 Å². The molecule has 3 nitrogen and oxygen atoms in total. The molecular weight excluding hydrogens is 262 g/mol. The summed E-state index contributed by atoms with van der Waals surface area (Å²) in [6.07, 6.45) is 1.88. The van der Waals surface area contributed by atoms with Gasteiger partial charge in [-0.1, -0.05) is 55.8 Å². The predicted octanol–water partition coefficient (Wildman–Crippen LogP) is 3.68. The lowest BCUT2D eigenvalue weighted by Crippen LogP contribution is -2.30. The molecular formula is C18H17NO2. The van der Waals surface area contributed by atoms with Crippen LogP contribution in [0.5, 0.6) is 0 Å². The maximum atomic E-state index is 12.2. The summed E-state index contributed by atoms with van der Waals surface area (Å²) in [6, 6.07) is 15.4. The average molecular weight is 279 g/mol. The highest BCUT2D eigenvalue weighted by Crippen LogP contribution is 2.38. The smallest absolute Gasteiger partial charge is 0.299 e. The van der Waals surface area contributed by atoms with Crippen LogP contribution >= 0.6 is 0 Å². The summed E-state index contributed by atoms with van der Waals surface area (Å²) >= 11 is 0. The van der Waals surface area contributed by atoms with E-state index in [1.54, 1.807) is 11.0 Å². The van der Waals surface area contributed by atoms with Crippen molar-refractivity contribution in [3.63, 3.8) is 0 Å². The standard InChI is InChI=1S/C18H17NO2/c1-2-3-12-19-16-14(13-8-5-4-6-9-13)10-7-11-15(16)17(20)18(19)21/h4-11H,2-3,12H2,1H3. The Morgan fingerprint density at radius 1 is 0.905 bits per heavy atom. The minimum Gasteiger partial charge on any atom is -0.304 e. The molecule has 0 aromatic heterocycles. The average Bonchev–Trinajstić information content (AvgIpc) is 2.78. The van der Waals surface area contributed by atoms with Gasteiger partial charge >= 0.3 is 0 Å². The van der Waals surface area contributed by atoms with Gasteiger partial charge in [-0.3, -0.25) is 9.59 Å². The van der Waals surface area contributed by atoms with Crippen molar-refractivity contribution in [3.05, 3.63) is 54.1 Å². The first kappa shape index (κ1) is 13.6. The number of fused-ring (bicyclic) bond motifs is 1. The molecule has 3 heteroatoms. The van der Waals surface area contributed by atoms with Crippen LogP contribution < -0.4 is 4.90 Å². The summed E-state index contributed by atoms with van der Waals surface area (Å²) in [7, 11) is 0. The van der Waals surface area contributed by atoms with Crippen LogP contribution in [0, 0.1) is 0 Å². The summed E-state index contributed by atoms with van der Waals surface area (Å²) in [5.74, 6) is -0.791. The van der Waals surface area contributed by atoms with Crippen molar-refractivity contribution >= 4 is 17.4 Å². The summed E-state index contributed by atoms with van der Waals surface area (Å²) in [4.78, 5) is 26.0. The van der Waals surface area contributed by atoms with Crippen LogP contribution in [0.3, 0.4) is 0 Å². The molecule has 106 valence electrons. The van der Waals surface area contributed by atoms with E-state index in [-0.39, 0.29) is 5.78 Å². The van der Waals surface area contributed by atoms with Crippen LogP contribution in [0.25, 0.3) is 11.1 Å². The number of anilines is 1. The summed E-state index contributed by atoms with van der Waals surface area (Å²) in [5, 5.41) is 0. The van der Waals surface area contributed by atoms with Crippen LogP contribution in [0.1, 0.15) is 30.1 Å². The fraction of sp³-hybridized carbons (Fsp3) is 0.222. The summed E-state index contributed by atoms with van der Waals surface area (Å²) < 4.78 is 0. The largest absolute Gasteiger partial charge is 0.304 e. The molecule has 0 spiro atoms. The van der Waals surface area contributed by atoms with E-state index in [9.17, 15) is 9.59 Å².